The van der Waals surface area contributed by atoms with Gasteiger partial charge in [0, 0.05) is 12.6 Å². The van der Waals surface area contributed by atoms with Gasteiger partial charge in [-0.1, -0.05) is 53.7 Å². The summed E-state index contributed by atoms with van der Waals surface area (Å²) in [5.41, 5.74) is 2.72. The summed E-state index contributed by atoms with van der Waals surface area (Å²) in [6.45, 7) is 3.90. The number of carbonyl (C=O) groups is 1. The van der Waals surface area contributed by atoms with Gasteiger partial charge in [-0.3, -0.25) is 4.79 Å². The van der Waals surface area contributed by atoms with E-state index in [1.54, 1.807) is 7.11 Å². The van der Waals surface area contributed by atoms with Gasteiger partial charge in [-0.05, 0) is 26.0 Å². The van der Waals surface area contributed by atoms with E-state index >= 15 is 0 Å². The van der Waals surface area contributed by atoms with Crippen molar-refractivity contribution in [2.24, 2.45) is 7.05 Å². The standard InChI is InChI=1S/C20H21N3O2S/c1-13-9-11-15(12-10-13)18(24)14(2)26-20-22-21-19(23(20)3)16-7-5-6-8-17(16)25-4/h5-12,14H,1-4H3/t14-/m0/s1. The van der Waals surface area contributed by atoms with Gasteiger partial charge in [0.15, 0.2) is 16.8 Å². The lowest BCUT2D eigenvalue weighted by Crippen LogP contribution is -2.14. The number of thioether (sulfide) groups is 1. The number of benzene rings is 2. The number of rotatable bonds is 6. The number of ketones is 1. The highest BCUT2D eigenvalue weighted by Crippen LogP contribution is 2.31. The van der Waals surface area contributed by atoms with Gasteiger partial charge in [0.1, 0.15) is 5.75 Å². The van der Waals surface area contributed by atoms with E-state index in [1.807, 2.05) is 74.0 Å². The van der Waals surface area contributed by atoms with Gasteiger partial charge in [-0.2, -0.15) is 0 Å². The summed E-state index contributed by atoms with van der Waals surface area (Å²) in [5, 5.41) is 8.99. The Kier molecular flexibility index (Phi) is 5.42. The molecule has 0 radical (unpaired) electrons. The molecule has 1 atom stereocenters. The number of Topliss-reactive ketones (excluding diaryl/α,β-unsaturated/α-hetero) is 1. The van der Waals surface area contributed by atoms with Crippen molar-refractivity contribution in [3.63, 3.8) is 0 Å². The highest BCUT2D eigenvalue weighted by molar-refractivity contribution is 8.00. The van der Waals surface area contributed by atoms with Crippen LogP contribution in [0.15, 0.2) is 53.7 Å². The maximum atomic E-state index is 12.7. The van der Waals surface area contributed by atoms with Crippen molar-refractivity contribution in [3.05, 3.63) is 59.7 Å². The molecule has 2 aromatic carbocycles. The Hall–Kier alpha value is -2.60. The molecule has 1 heterocycles. The average molecular weight is 367 g/mol. The van der Waals surface area contributed by atoms with Gasteiger partial charge >= 0.3 is 0 Å². The first-order valence-corrected chi connectivity index (χ1v) is 9.19. The van der Waals surface area contributed by atoms with Crippen LogP contribution >= 0.6 is 11.8 Å². The van der Waals surface area contributed by atoms with Gasteiger partial charge < -0.3 is 9.30 Å². The molecule has 6 heteroatoms. The molecule has 0 unspecified atom stereocenters. The predicted octanol–water partition coefficient (Wildman–Crippen LogP) is 4.16. The van der Waals surface area contributed by atoms with Crippen LogP contribution in [-0.4, -0.2) is 32.9 Å². The van der Waals surface area contributed by atoms with Gasteiger partial charge in [0.05, 0.1) is 17.9 Å². The summed E-state index contributed by atoms with van der Waals surface area (Å²) < 4.78 is 7.30. The Bertz CT molecular complexity index is 919. The summed E-state index contributed by atoms with van der Waals surface area (Å²) in [7, 11) is 3.53. The van der Waals surface area contributed by atoms with Gasteiger partial charge in [-0.25, -0.2) is 0 Å². The Morgan fingerprint density at radius 2 is 1.81 bits per heavy atom. The molecule has 0 saturated carbocycles. The fraction of sp³-hybridized carbons (Fsp3) is 0.250. The van der Waals surface area contributed by atoms with Crippen molar-refractivity contribution in [2.75, 3.05) is 7.11 Å². The zero-order valence-corrected chi connectivity index (χ0v) is 16.1. The van der Waals surface area contributed by atoms with Gasteiger partial charge in [-0.15, -0.1) is 10.2 Å². The van der Waals surface area contributed by atoms with Gasteiger partial charge in [0.2, 0.25) is 0 Å². The first kappa shape index (κ1) is 18.2. The third kappa shape index (κ3) is 3.65. The third-order valence-electron chi connectivity index (χ3n) is 4.17. The summed E-state index contributed by atoms with van der Waals surface area (Å²) >= 11 is 1.41. The highest BCUT2D eigenvalue weighted by atomic mass is 32.2. The van der Waals surface area contributed by atoms with Crippen molar-refractivity contribution < 1.29 is 9.53 Å². The van der Waals surface area contributed by atoms with E-state index in [1.165, 1.54) is 11.8 Å². The Morgan fingerprint density at radius 3 is 2.50 bits per heavy atom. The molecule has 0 N–H and O–H groups in total. The minimum absolute atomic E-state index is 0.0804. The van der Waals surface area contributed by atoms with E-state index in [-0.39, 0.29) is 11.0 Å². The van der Waals surface area contributed by atoms with E-state index in [2.05, 4.69) is 10.2 Å². The van der Waals surface area contributed by atoms with Crippen LogP contribution in [0.5, 0.6) is 5.75 Å². The van der Waals surface area contributed by atoms with Crippen molar-refractivity contribution in [3.8, 4) is 17.1 Å². The Balaban J connectivity index is 1.82. The zero-order chi connectivity index (χ0) is 18.7. The molecule has 26 heavy (non-hydrogen) atoms. The molecule has 0 spiro atoms. The molecule has 134 valence electrons. The first-order valence-electron chi connectivity index (χ1n) is 8.31. The molecule has 0 aliphatic rings. The Morgan fingerprint density at radius 1 is 1.12 bits per heavy atom. The lowest BCUT2D eigenvalue weighted by Gasteiger charge is -2.11. The number of para-hydroxylation sites is 1. The van der Waals surface area contributed by atoms with E-state index in [4.69, 9.17) is 4.74 Å². The average Bonchev–Trinajstić information content (AvgIpc) is 3.02. The van der Waals surface area contributed by atoms with Crippen molar-refractivity contribution in [1.82, 2.24) is 14.8 Å². The van der Waals surface area contributed by atoms with Crippen molar-refractivity contribution in [2.45, 2.75) is 24.3 Å². The van der Waals surface area contributed by atoms with E-state index < -0.39 is 0 Å². The van der Waals surface area contributed by atoms with Crippen LogP contribution in [0, 0.1) is 6.92 Å². The minimum atomic E-state index is -0.258. The van der Waals surface area contributed by atoms with Crippen LogP contribution in [-0.2, 0) is 7.05 Å². The zero-order valence-electron chi connectivity index (χ0n) is 15.3. The molecular formula is C20H21N3O2S. The summed E-state index contributed by atoms with van der Waals surface area (Å²) in [5.74, 6) is 1.53. The molecule has 0 bridgehead atoms. The lowest BCUT2D eigenvalue weighted by atomic mass is 10.1. The third-order valence-corrected chi connectivity index (χ3v) is 5.30. The largest absolute Gasteiger partial charge is 0.496 e. The van der Waals surface area contributed by atoms with Crippen LogP contribution in [0.3, 0.4) is 0 Å². The number of hydrogen-bond acceptors (Lipinski definition) is 5. The van der Waals surface area contributed by atoms with E-state index in [0.29, 0.717) is 16.5 Å². The maximum Gasteiger partial charge on any atom is 0.191 e. The second-order valence-corrected chi connectivity index (χ2v) is 7.36. The molecular weight excluding hydrogens is 346 g/mol. The van der Waals surface area contributed by atoms with Crippen LogP contribution in [0.1, 0.15) is 22.8 Å². The summed E-state index contributed by atoms with van der Waals surface area (Å²) in [4.78, 5) is 12.7. The molecule has 3 aromatic rings. The SMILES string of the molecule is COc1ccccc1-c1nnc(S[C@@H](C)C(=O)c2ccc(C)cc2)n1C. The molecule has 0 fully saturated rings. The number of nitrogens with zero attached hydrogens (tertiary/aromatic N) is 3. The molecule has 0 saturated heterocycles. The van der Waals surface area contributed by atoms with E-state index in [0.717, 1.165) is 16.9 Å². The monoisotopic (exact) mass is 367 g/mol. The highest BCUT2D eigenvalue weighted by Gasteiger charge is 2.21. The molecule has 0 amide bonds. The van der Waals surface area contributed by atoms with Crippen LogP contribution in [0.4, 0.5) is 0 Å². The normalized spacial score (nSPS) is 12.0. The number of carbonyl (C=O) groups excluding carboxylic acids is 1. The lowest BCUT2D eigenvalue weighted by molar-refractivity contribution is 0.0994. The van der Waals surface area contributed by atoms with Crippen molar-refractivity contribution >= 4 is 17.5 Å². The number of aryl methyl sites for hydroxylation is 1. The molecule has 3 rings (SSSR count). The van der Waals surface area contributed by atoms with Crippen LogP contribution < -0.4 is 4.74 Å². The van der Waals surface area contributed by atoms with Crippen LogP contribution in [0.25, 0.3) is 11.4 Å². The summed E-state index contributed by atoms with van der Waals surface area (Å²) in [6, 6.07) is 15.3. The minimum Gasteiger partial charge on any atom is -0.496 e. The number of hydrogen-bond donors (Lipinski definition) is 0. The second kappa shape index (κ2) is 7.74. The fourth-order valence-electron chi connectivity index (χ4n) is 2.65. The van der Waals surface area contributed by atoms with Gasteiger partial charge in [0.25, 0.3) is 0 Å². The van der Waals surface area contributed by atoms with E-state index in [9.17, 15) is 4.79 Å². The number of ether oxygens (including phenoxy) is 1. The molecule has 0 aliphatic carbocycles. The molecule has 0 aliphatic heterocycles. The Labute approximate surface area is 157 Å². The first-order chi connectivity index (χ1) is 12.5. The quantitative estimate of drug-likeness (QED) is 0.484. The fourth-order valence-corrected chi connectivity index (χ4v) is 3.54. The number of methoxy groups -OCH3 is 1. The molecule has 5 nitrogen and oxygen atoms in total. The smallest absolute Gasteiger partial charge is 0.191 e. The summed E-state index contributed by atoms with van der Waals surface area (Å²) in [6.07, 6.45) is 0. The predicted molar refractivity (Wildman–Crippen MR) is 104 cm³/mol. The van der Waals surface area contributed by atoms with Crippen molar-refractivity contribution in [1.29, 1.82) is 0 Å². The topological polar surface area (TPSA) is 57.0 Å². The number of aromatic nitrogens is 3. The second-order valence-electron chi connectivity index (χ2n) is 6.06. The molecule has 1 aromatic heterocycles. The van der Waals surface area contributed by atoms with Crippen LogP contribution in [0.2, 0.25) is 0 Å². The maximum absolute atomic E-state index is 12.7.